The van der Waals surface area contributed by atoms with Crippen LogP contribution in [-0.4, -0.2) is 0 Å². The van der Waals surface area contributed by atoms with Crippen molar-refractivity contribution in [1.82, 2.24) is 0 Å². The number of hydrogen-bond donors (Lipinski definition) is 0. The highest BCUT2D eigenvalue weighted by molar-refractivity contribution is 7.07. The van der Waals surface area contributed by atoms with E-state index in [0.717, 1.165) is 0 Å². The van der Waals surface area contributed by atoms with E-state index in [2.05, 4.69) is 32.2 Å². The van der Waals surface area contributed by atoms with Gasteiger partial charge in [-0.1, -0.05) is 20.8 Å². The molecule has 0 saturated heterocycles. The molecule has 1 aromatic rings. The van der Waals surface area contributed by atoms with Crippen molar-refractivity contribution < 1.29 is 0 Å². The molecule has 9 heavy (non-hydrogen) atoms. The van der Waals surface area contributed by atoms with Crippen LogP contribution >= 0.6 is 11.3 Å². The molecule has 0 aliphatic heterocycles. The van der Waals surface area contributed by atoms with Crippen molar-refractivity contribution in [1.29, 1.82) is 0 Å². The van der Waals surface area contributed by atoms with Crippen molar-refractivity contribution in [3.63, 3.8) is 0 Å². The van der Waals surface area contributed by atoms with Gasteiger partial charge in [-0.3, -0.25) is 0 Å². The molecule has 1 rings (SSSR count). The summed E-state index contributed by atoms with van der Waals surface area (Å²) in [6, 6.07) is 3.20. The quantitative estimate of drug-likeness (QED) is 0.518. The minimum absolute atomic E-state index is 0.278. The van der Waals surface area contributed by atoms with Gasteiger partial charge in [0, 0.05) is 0 Å². The molecular formula is C8H11S. The van der Waals surface area contributed by atoms with Crippen LogP contribution in [0.3, 0.4) is 0 Å². The SMILES string of the molecule is CC(C)(C)c1[c]csc1. The zero-order valence-electron chi connectivity index (χ0n) is 6.06. The van der Waals surface area contributed by atoms with Gasteiger partial charge >= 0.3 is 0 Å². The van der Waals surface area contributed by atoms with E-state index in [9.17, 15) is 0 Å². The van der Waals surface area contributed by atoms with Crippen molar-refractivity contribution in [2.75, 3.05) is 0 Å². The van der Waals surface area contributed by atoms with Crippen LogP contribution in [0.4, 0.5) is 0 Å². The lowest BCUT2D eigenvalue weighted by atomic mass is 9.90. The lowest BCUT2D eigenvalue weighted by Gasteiger charge is -2.15. The van der Waals surface area contributed by atoms with Crippen molar-refractivity contribution in [3.8, 4) is 0 Å². The second-order valence-electron chi connectivity index (χ2n) is 3.18. The largest absolute Gasteiger partial charge is 0.151 e. The molecule has 0 spiro atoms. The minimum atomic E-state index is 0.278. The van der Waals surface area contributed by atoms with Gasteiger partial charge in [0.2, 0.25) is 0 Å². The Morgan fingerprint density at radius 3 is 2.33 bits per heavy atom. The molecule has 0 unspecified atom stereocenters. The molecule has 0 aliphatic carbocycles. The van der Waals surface area contributed by atoms with E-state index in [1.807, 2.05) is 5.38 Å². The van der Waals surface area contributed by atoms with E-state index >= 15 is 0 Å². The Morgan fingerprint density at radius 1 is 1.44 bits per heavy atom. The van der Waals surface area contributed by atoms with Gasteiger partial charge in [0.25, 0.3) is 0 Å². The van der Waals surface area contributed by atoms with Gasteiger partial charge in [-0.05, 0) is 27.8 Å². The molecule has 0 atom stereocenters. The van der Waals surface area contributed by atoms with Crippen molar-refractivity contribution in [3.05, 3.63) is 22.4 Å². The highest BCUT2D eigenvalue weighted by Gasteiger charge is 2.12. The zero-order valence-corrected chi connectivity index (χ0v) is 6.88. The first-order chi connectivity index (χ1) is 4.11. The molecular weight excluding hydrogens is 128 g/mol. The second-order valence-corrected chi connectivity index (χ2v) is 3.92. The monoisotopic (exact) mass is 139 g/mol. The molecule has 0 aliphatic rings. The van der Waals surface area contributed by atoms with E-state index in [1.54, 1.807) is 11.3 Å². The average molecular weight is 139 g/mol. The fraction of sp³-hybridized carbons (Fsp3) is 0.500. The second kappa shape index (κ2) is 2.14. The highest BCUT2D eigenvalue weighted by Crippen LogP contribution is 2.22. The fourth-order valence-electron chi connectivity index (χ4n) is 0.627. The summed E-state index contributed by atoms with van der Waals surface area (Å²) < 4.78 is 0. The number of thiophene rings is 1. The summed E-state index contributed by atoms with van der Waals surface area (Å²) in [6.45, 7) is 6.60. The van der Waals surface area contributed by atoms with Gasteiger partial charge in [0.05, 0.1) is 0 Å². The van der Waals surface area contributed by atoms with E-state index in [0.29, 0.717) is 0 Å². The molecule has 49 valence electrons. The third-order valence-corrected chi connectivity index (χ3v) is 1.90. The van der Waals surface area contributed by atoms with E-state index in [-0.39, 0.29) is 5.41 Å². The Kier molecular flexibility index (Phi) is 1.62. The van der Waals surface area contributed by atoms with Crippen LogP contribution in [0.2, 0.25) is 0 Å². The molecule has 0 N–H and O–H groups in total. The molecule has 1 radical (unpaired) electrons. The summed E-state index contributed by atoms with van der Waals surface area (Å²) in [6.07, 6.45) is 0. The van der Waals surface area contributed by atoms with Gasteiger partial charge in [0.1, 0.15) is 0 Å². The van der Waals surface area contributed by atoms with Gasteiger partial charge in [-0.15, -0.1) is 0 Å². The van der Waals surface area contributed by atoms with Crippen LogP contribution in [0.5, 0.6) is 0 Å². The van der Waals surface area contributed by atoms with Crippen LogP contribution in [0, 0.1) is 6.07 Å². The fourth-order valence-corrected chi connectivity index (χ4v) is 1.45. The van der Waals surface area contributed by atoms with Gasteiger partial charge in [-0.25, -0.2) is 0 Å². The van der Waals surface area contributed by atoms with E-state index in [1.165, 1.54) is 5.56 Å². The number of hydrogen-bond acceptors (Lipinski definition) is 1. The molecule has 0 fully saturated rings. The van der Waals surface area contributed by atoms with Gasteiger partial charge in [0.15, 0.2) is 0 Å². The van der Waals surface area contributed by atoms with Gasteiger partial charge in [-0.2, -0.15) is 11.3 Å². The summed E-state index contributed by atoms with van der Waals surface area (Å²) in [4.78, 5) is 0. The lowest BCUT2D eigenvalue weighted by molar-refractivity contribution is 0.592. The topological polar surface area (TPSA) is 0 Å². The maximum absolute atomic E-state index is 3.20. The van der Waals surface area contributed by atoms with Gasteiger partial charge < -0.3 is 0 Å². The first-order valence-corrected chi connectivity index (χ1v) is 3.99. The lowest BCUT2D eigenvalue weighted by Crippen LogP contribution is -2.08. The molecule has 1 heterocycles. The molecule has 0 bridgehead atoms. The molecule has 0 nitrogen and oxygen atoms in total. The smallest absolute Gasteiger partial charge is 0.00112 e. The van der Waals surface area contributed by atoms with E-state index < -0.39 is 0 Å². The Bertz CT molecular complexity index is 167. The summed E-state index contributed by atoms with van der Waals surface area (Å²) in [5, 5.41) is 4.15. The summed E-state index contributed by atoms with van der Waals surface area (Å²) in [7, 11) is 0. The van der Waals surface area contributed by atoms with E-state index in [4.69, 9.17) is 0 Å². The average Bonchev–Trinajstić information content (AvgIpc) is 2.08. The Morgan fingerprint density at radius 2 is 2.11 bits per heavy atom. The normalized spacial score (nSPS) is 11.9. The maximum atomic E-state index is 3.20. The predicted octanol–water partition coefficient (Wildman–Crippen LogP) is 2.85. The highest BCUT2D eigenvalue weighted by atomic mass is 32.1. The van der Waals surface area contributed by atoms with Crippen molar-refractivity contribution in [2.45, 2.75) is 26.2 Å². The predicted molar refractivity (Wildman–Crippen MR) is 41.9 cm³/mol. The first kappa shape index (κ1) is 6.81. The van der Waals surface area contributed by atoms with Crippen LogP contribution in [-0.2, 0) is 5.41 Å². The van der Waals surface area contributed by atoms with Crippen LogP contribution in [0.1, 0.15) is 26.3 Å². The van der Waals surface area contributed by atoms with Crippen molar-refractivity contribution in [2.24, 2.45) is 0 Å². The third-order valence-electron chi connectivity index (χ3n) is 1.28. The first-order valence-electron chi connectivity index (χ1n) is 3.05. The summed E-state index contributed by atoms with van der Waals surface area (Å²) >= 11 is 1.71. The standard InChI is InChI=1S/C8H11S/c1-8(2,3)7-4-5-9-6-7/h5-6H,1-3H3. The Hall–Kier alpha value is -0.300. The molecule has 1 aromatic heterocycles. The number of rotatable bonds is 0. The zero-order chi connectivity index (χ0) is 6.91. The molecule has 0 amide bonds. The van der Waals surface area contributed by atoms with Crippen LogP contribution < -0.4 is 0 Å². The minimum Gasteiger partial charge on any atom is -0.151 e. The van der Waals surface area contributed by atoms with Crippen LogP contribution in [0.25, 0.3) is 0 Å². The molecule has 0 aromatic carbocycles. The summed E-state index contributed by atoms with van der Waals surface area (Å²) in [5.74, 6) is 0. The van der Waals surface area contributed by atoms with Crippen LogP contribution in [0.15, 0.2) is 10.8 Å². The Labute approximate surface area is 60.5 Å². The maximum Gasteiger partial charge on any atom is -0.00112 e. The summed E-state index contributed by atoms with van der Waals surface area (Å²) in [5.41, 5.74) is 1.59. The Balaban J connectivity index is 2.90. The third kappa shape index (κ3) is 1.55. The molecule has 1 heteroatoms. The molecule has 0 saturated carbocycles. The van der Waals surface area contributed by atoms with Crippen molar-refractivity contribution >= 4 is 11.3 Å².